The van der Waals surface area contributed by atoms with Crippen molar-refractivity contribution in [2.24, 2.45) is 0 Å². The molecule has 0 spiro atoms. The van der Waals surface area contributed by atoms with Crippen LogP contribution in [0.2, 0.25) is 0 Å². The molecule has 3 aromatic rings. The number of fused-ring (bicyclic) bond motifs is 1. The van der Waals surface area contributed by atoms with Crippen molar-refractivity contribution in [3.05, 3.63) is 34.5 Å². The summed E-state index contributed by atoms with van der Waals surface area (Å²) in [5.74, 6) is 2.40. The Kier molecular flexibility index (Phi) is 7.41. The number of hydrogen-bond donors (Lipinski definition) is 1. The van der Waals surface area contributed by atoms with Crippen LogP contribution in [0.5, 0.6) is 17.2 Å². The van der Waals surface area contributed by atoms with Gasteiger partial charge in [0.2, 0.25) is 5.75 Å². The number of thiophene rings is 1. The Morgan fingerprint density at radius 3 is 2.38 bits per heavy atom. The summed E-state index contributed by atoms with van der Waals surface area (Å²) in [4.78, 5) is 26.0. The molecule has 2 aromatic heterocycles. The van der Waals surface area contributed by atoms with E-state index < -0.39 is 0 Å². The fraction of sp³-hybridized carbons (Fsp3) is 0.480. The van der Waals surface area contributed by atoms with E-state index in [1.807, 2.05) is 19.1 Å². The molecule has 9 heteroatoms. The van der Waals surface area contributed by atoms with Crippen molar-refractivity contribution in [2.75, 3.05) is 33.3 Å². The minimum Gasteiger partial charge on any atom is -0.493 e. The molecular formula is C25H32N4O4S. The van der Waals surface area contributed by atoms with E-state index >= 15 is 0 Å². The molecule has 8 nitrogen and oxygen atoms in total. The van der Waals surface area contributed by atoms with Gasteiger partial charge in [-0.3, -0.25) is 4.79 Å². The lowest BCUT2D eigenvalue weighted by atomic mass is 9.94. The SMILES string of the molecule is COc1cc(CNC(=O)c2sc3ncnc(N(C)C4CCCCC4)c3c2C)cc(OC)c1OC. The van der Waals surface area contributed by atoms with E-state index in [4.69, 9.17) is 14.2 Å². The smallest absolute Gasteiger partial charge is 0.261 e. The fourth-order valence-corrected chi connectivity index (χ4v) is 5.74. The zero-order valence-corrected chi connectivity index (χ0v) is 21.3. The van der Waals surface area contributed by atoms with Crippen LogP contribution >= 0.6 is 11.3 Å². The molecule has 1 saturated carbocycles. The zero-order chi connectivity index (χ0) is 24.2. The number of hydrogen-bond acceptors (Lipinski definition) is 8. The lowest BCUT2D eigenvalue weighted by Gasteiger charge is -2.32. The van der Waals surface area contributed by atoms with Gasteiger partial charge in [0.05, 0.1) is 31.6 Å². The second-order valence-corrected chi connectivity index (χ2v) is 9.55. The summed E-state index contributed by atoms with van der Waals surface area (Å²) >= 11 is 1.41. The summed E-state index contributed by atoms with van der Waals surface area (Å²) in [6.45, 7) is 2.30. The van der Waals surface area contributed by atoms with Crippen LogP contribution in [-0.4, -0.2) is 50.3 Å². The molecule has 182 valence electrons. The number of carbonyl (C=O) groups excluding carboxylic acids is 1. The molecule has 1 aromatic carbocycles. The highest BCUT2D eigenvalue weighted by Gasteiger charge is 2.25. The third-order valence-corrected chi connectivity index (χ3v) is 7.75. The van der Waals surface area contributed by atoms with Gasteiger partial charge < -0.3 is 24.4 Å². The van der Waals surface area contributed by atoms with Crippen molar-refractivity contribution in [3.63, 3.8) is 0 Å². The van der Waals surface area contributed by atoms with Gasteiger partial charge in [-0.15, -0.1) is 11.3 Å². The number of ether oxygens (including phenoxy) is 3. The van der Waals surface area contributed by atoms with E-state index in [2.05, 4.69) is 27.2 Å². The predicted molar refractivity (Wildman–Crippen MR) is 135 cm³/mol. The Morgan fingerprint density at radius 2 is 1.76 bits per heavy atom. The Morgan fingerprint density at radius 1 is 1.09 bits per heavy atom. The average Bonchev–Trinajstić information content (AvgIpc) is 3.23. The molecule has 0 atom stereocenters. The van der Waals surface area contributed by atoms with E-state index in [0.717, 1.165) is 27.2 Å². The van der Waals surface area contributed by atoms with Crippen LogP contribution in [0.15, 0.2) is 18.5 Å². The minimum atomic E-state index is -0.138. The van der Waals surface area contributed by atoms with Crippen LogP contribution in [0.4, 0.5) is 5.82 Å². The van der Waals surface area contributed by atoms with Crippen molar-refractivity contribution < 1.29 is 19.0 Å². The summed E-state index contributed by atoms with van der Waals surface area (Å²) in [5, 5.41) is 4.00. The number of amides is 1. The molecule has 34 heavy (non-hydrogen) atoms. The number of benzene rings is 1. The Labute approximate surface area is 204 Å². The number of anilines is 1. The first kappa shape index (κ1) is 24.1. The quantitative estimate of drug-likeness (QED) is 0.495. The predicted octanol–water partition coefficient (Wildman–Crippen LogP) is 4.72. The van der Waals surface area contributed by atoms with Crippen molar-refractivity contribution >= 4 is 33.3 Å². The Hall–Kier alpha value is -3.07. The molecule has 1 N–H and O–H groups in total. The van der Waals surface area contributed by atoms with E-state index in [0.29, 0.717) is 34.7 Å². The number of rotatable bonds is 8. The molecular weight excluding hydrogens is 452 g/mol. The largest absolute Gasteiger partial charge is 0.493 e. The van der Waals surface area contributed by atoms with E-state index in [-0.39, 0.29) is 5.91 Å². The monoisotopic (exact) mass is 484 g/mol. The number of nitrogens with one attached hydrogen (secondary N) is 1. The maximum atomic E-state index is 13.2. The number of aryl methyl sites for hydroxylation is 1. The average molecular weight is 485 g/mol. The number of nitrogens with zero attached hydrogens (tertiary/aromatic N) is 3. The fourth-order valence-electron chi connectivity index (χ4n) is 4.68. The van der Waals surface area contributed by atoms with Gasteiger partial charge in [-0.2, -0.15) is 0 Å². The van der Waals surface area contributed by atoms with Crippen LogP contribution < -0.4 is 24.4 Å². The van der Waals surface area contributed by atoms with Crippen molar-refractivity contribution in [1.29, 1.82) is 0 Å². The van der Waals surface area contributed by atoms with Crippen LogP contribution in [0.3, 0.4) is 0 Å². The highest BCUT2D eigenvalue weighted by Crippen LogP contribution is 2.39. The first-order valence-corrected chi connectivity index (χ1v) is 12.3. The molecule has 1 aliphatic rings. The van der Waals surface area contributed by atoms with Gasteiger partial charge in [0.15, 0.2) is 11.5 Å². The van der Waals surface area contributed by atoms with Crippen molar-refractivity contribution in [3.8, 4) is 17.2 Å². The van der Waals surface area contributed by atoms with Crippen LogP contribution in [0.1, 0.15) is 52.9 Å². The lowest BCUT2D eigenvalue weighted by molar-refractivity contribution is 0.0954. The maximum Gasteiger partial charge on any atom is 0.261 e. The minimum absolute atomic E-state index is 0.138. The second kappa shape index (κ2) is 10.5. The first-order valence-electron chi connectivity index (χ1n) is 11.5. The van der Waals surface area contributed by atoms with Crippen molar-refractivity contribution in [1.82, 2.24) is 15.3 Å². The molecule has 0 saturated heterocycles. The molecule has 1 fully saturated rings. The van der Waals surface area contributed by atoms with Crippen LogP contribution in [0, 0.1) is 6.92 Å². The van der Waals surface area contributed by atoms with Gasteiger partial charge in [0, 0.05) is 19.6 Å². The van der Waals surface area contributed by atoms with Gasteiger partial charge in [-0.05, 0) is 43.0 Å². The maximum absolute atomic E-state index is 13.2. The van der Waals surface area contributed by atoms with Gasteiger partial charge in [0.1, 0.15) is 17.0 Å². The van der Waals surface area contributed by atoms with E-state index in [1.165, 1.54) is 43.4 Å². The van der Waals surface area contributed by atoms with Crippen LogP contribution in [-0.2, 0) is 6.54 Å². The third kappa shape index (κ3) is 4.61. The molecule has 2 heterocycles. The van der Waals surface area contributed by atoms with Gasteiger partial charge in [0.25, 0.3) is 5.91 Å². The standard InChI is InChI=1S/C25H32N4O4S/c1-15-20-23(29(2)17-9-7-6-8-10-17)27-14-28-25(20)34-22(15)24(30)26-13-16-11-18(31-3)21(33-5)19(12-16)32-4/h11-12,14,17H,6-10,13H2,1-5H3,(H,26,30). The van der Waals surface area contributed by atoms with Crippen molar-refractivity contribution in [2.45, 2.75) is 51.6 Å². The van der Waals surface area contributed by atoms with Gasteiger partial charge >= 0.3 is 0 Å². The number of methoxy groups -OCH3 is 3. The highest BCUT2D eigenvalue weighted by atomic mass is 32.1. The lowest BCUT2D eigenvalue weighted by Crippen LogP contribution is -2.34. The Balaban J connectivity index is 1.57. The summed E-state index contributed by atoms with van der Waals surface area (Å²) in [7, 11) is 6.82. The normalized spacial score (nSPS) is 14.1. The second-order valence-electron chi connectivity index (χ2n) is 8.55. The molecule has 0 bridgehead atoms. The summed E-state index contributed by atoms with van der Waals surface area (Å²) < 4.78 is 16.2. The molecule has 0 radical (unpaired) electrons. The van der Waals surface area contributed by atoms with E-state index in [9.17, 15) is 4.79 Å². The van der Waals surface area contributed by atoms with Crippen LogP contribution in [0.25, 0.3) is 10.2 Å². The molecule has 0 unspecified atom stereocenters. The Bertz CT molecular complexity index is 1150. The molecule has 0 aliphatic heterocycles. The third-order valence-electron chi connectivity index (χ3n) is 6.55. The van der Waals surface area contributed by atoms with Gasteiger partial charge in [-0.25, -0.2) is 9.97 Å². The summed E-state index contributed by atoms with van der Waals surface area (Å²) in [5.41, 5.74) is 1.76. The highest BCUT2D eigenvalue weighted by molar-refractivity contribution is 7.20. The summed E-state index contributed by atoms with van der Waals surface area (Å²) in [6, 6.07) is 4.15. The molecule has 1 aliphatic carbocycles. The number of aromatic nitrogens is 2. The van der Waals surface area contributed by atoms with E-state index in [1.54, 1.807) is 27.7 Å². The zero-order valence-electron chi connectivity index (χ0n) is 20.4. The number of carbonyl (C=O) groups is 1. The first-order chi connectivity index (χ1) is 16.5. The molecule has 1 amide bonds. The summed E-state index contributed by atoms with van der Waals surface area (Å²) in [6.07, 6.45) is 7.75. The van der Waals surface area contributed by atoms with Gasteiger partial charge in [-0.1, -0.05) is 19.3 Å². The molecule has 4 rings (SSSR count). The topological polar surface area (TPSA) is 85.8 Å².